The molecule has 0 amide bonds. The SMILES string of the molecule is [2H]C1=C([2H])N(c2[c-]c([2H])c([2H])c([2H])c2[2H])[CH-]N1C.[Ir]. The molecule has 0 atom stereocenters. The molecule has 1 aliphatic rings. The van der Waals surface area contributed by atoms with Crippen molar-refractivity contribution in [1.82, 2.24) is 4.90 Å². The predicted molar refractivity (Wildman–Crippen MR) is 49.0 cm³/mol. The molecule has 2 nitrogen and oxygen atoms in total. The van der Waals surface area contributed by atoms with E-state index >= 15 is 0 Å². The number of benzene rings is 1. The van der Waals surface area contributed by atoms with Crippen LogP contribution in [0.15, 0.2) is 36.5 Å². The van der Waals surface area contributed by atoms with Gasteiger partial charge in [0.1, 0.15) is 0 Å². The number of hydrogen-bond acceptors (Lipinski definition) is 2. The van der Waals surface area contributed by atoms with Gasteiger partial charge in [-0.05, 0) is 22.1 Å². The van der Waals surface area contributed by atoms with E-state index in [2.05, 4.69) is 6.07 Å². The molecular weight excluding hydrogens is 340 g/mol. The molecule has 0 fully saturated rings. The van der Waals surface area contributed by atoms with Crippen LogP contribution in [0, 0.1) is 12.7 Å². The Morgan fingerprint density at radius 1 is 1.46 bits per heavy atom. The first kappa shape index (κ1) is 4.63. The Kier molecular flexibility index (Phi) is 1.58. The van der Waals surface area contributed by atoms with Crippen LogP contribution in [0.4, 0.5) is 5.69 Å². The van der Waals surface area contributed by atoms with Crippen molar-refractivity contribution in [1.29, 1.82) is 0 Å². The van der Waals surface area contributed by atoms with E-state index < -0.39 is 0 Å². The van der Waals surface area contributed by atoms with Crippen molar-refractivity contribution in [3.05, 3.63) is 49.3 Å². The Labute approximate surface area is 101 Å². The fraction of sp³-hybridized carbons (Fsp3) is 0.100. The first-order valence-corrected chi connectivity index (χ1v) is 3.38. The first-order chi connectivity index (χ1) is 8.34. The summed E-state index contributed by atoms with van der Waals surface area (Å²) in [5, 5.41) is 0. The van der Waals surface area contributed by atoms with Crippen LogP contribution in [0.3, 0.4) is 0 Å². The fourth-order valence-corrected chi connectivity index (χ4v) is 0.841. The largest absolute Gasteiger partial charge is 0.510 e. The summed E-state index contributed by atoms with van der Waals surface area (Å²) >= 11 is 0. The molecule has 0 saturated heterocycles. The van der Waals surface area contributed by atoms with Gasteiger partial charge in [-0.25, -0.2) is 0 Å². The summed E-state index contributed by atoms with van der Waals surface area (Å²) in [6.07, 6.45) is -0.199. The first-order valence-electron chi connectivity index (χ1n) is 6.38. The van der Waals surface area contributed by atoms with E-state index in [0.717, 1.165) is 0 Å². The van der Waals surface area contributed by atoms with Crippen molar-refractivity contribution < 1.29 is 28.3 Å². The number of nitrogens with zero attached hydrogens (tertiary/aromatic N) is 2. The summed E-state index contributed by atoms with van der Waals surface area (Å²) in [4.78, 5) is 2.59. The number of para-hydroxylation sites is 1. The van der Waals surface area contributed by atoms with Crippen molar-refractivity contribution in [3.63, 3.8) is 0 Å². The minimum absolute atomic E-state index is 0. The van der Waals surface area contributed by atoms with Crippen molar-refractivity contribution in [2.24, 2.45) is 0 Å². The second kappa shape index (κ2) is 4.45. The Hall–Kier alpha value is -0.791. The van der Waals surface area contributed by atoms with Crippen LogP contribution >= 0.6 is 0 Å². The Morgan fingerprint density at radius 2 is 2.31 bits per heavy atom. The molecule has 1 aromatic rings. The van der Waals surface area contributed by atoms with E-state index in [1.54, 1.807) is 7.05 Å². The average molecular weight is 356 g/mol. The molecule has 0 N–H and O–H groups in total. The quantitative estimate of drug-likeness (QED) is 0.709. The zero-order valence-corrected chi connectivity index (χ0v) is 9.20. The van der Waals surface area contributed by atoms with Crippen molar-refractivity contribution in [2.45, 2.75) is 0 Å². The van der Waals surface area contributed by atoms with Gasteiger partial charge in [0.15, 0.2) is 0 Å². The topological polar surface area (TPSA) is 6.48 Å². The van der Waals surface area contributed by atoms with Gasteiger partial charge in [0.25, 0.3) is 0 Å². The normalized spacial score (nSPS) is 22.5. The smallest absolute Gasteiger partial charge is 0.0806 e. The van der Waals surface area contributed by atoms with E-state index in [0.29, 0.717) is 0 Å². The van der Waals surface area contributed by atoms with Crippen LogP contribution in [-0.2, 0) is 20.1 Å². The summed E-state index contributed by atoms with van der Waals surface area (Å²) in [5.74, 6) is 0. The van der Waals surface area contributed by atoms with Crippen LogP contribution in [0.25, 0.3) is 0 Å². The average Bonchev–Trinajstić information content (AvgIpc) is 2.59. The van der Waals surface area contributed by atoms with Gasteiger partial charge in [-0.2, -0.15) is 36.9 Å². The van der Waals surface area contributed by atoms with E-state index in [9.17, 15) is 0 Å². The Morgan fingerprint density at radius 3 is 3.00 bits per heavy atom. The zero-order chi connectivity index (χ0) is 13.6. The van der Waals surface area contributed by atoms with Crippen molar-refractivity contribution in [2.75, 3.05) is 11.9 Å². The van der Waals surface area contributed by atoms with Gasteiger partial charge in [0.05, 0.1) is 2.74 Å². The Bertz CT molecular complexity index is 547. The third-order valence-electron chi connectivity index (χ3n) is 1.36. The summed E-state index contributed by atoms with van der Waals surface area (Å²) in [6, 6.07) is 1.18. The van der Waals surface area contributed by atoms with Gasteiger partial charge in [0.2, 0.25) is 0 Å². The number of hydrogen-bond donors (Lipinski definition) is 0. The monoisotopic (exact) mass is 357 g/mol. The maximum absolute atomic E-state index is 7.75. The fourth-order valence-electron chi connectivity index (χ4n) is 0.841. The molecule has 1 heterocycles. The maximum atomic E-state index is 7.75. The van der Waals surface area contributed by atoms with Gasteiger partial charge in [-0.3, -0.25) is 0 Å². The van der Waals surface area contributed by atoms with Gasteiger partial charge < -0.3 is 9.80 Å². The molecule has 0 saturated carbocycles. The molecule has 1 radical (unpaired) electrons. The Balaban J connectivity index is 0.00000180. The van der Waals surface area contributed by atoms with Crippen LogP contribution in [0.5, 0.6) is 0 Å². The summed E-state index contributed by atoms with van der Waals surface area (Å²) in [7, 11) is 1.59. The molecule has 2 rings (SSSR count). The molecule has 0 unspecified atom stereocenters. The van der Waals surface area contributed by atoms with E-state index in [1.165, 1.54) is 16.5 Å². The summed E-state index contributed by atoms with van der Waals surface area (Å²) in [5.41, 5.74) is 0.0418. The number of anilines is 1. The summed E-state index contributed by atoms with van der Waals surface area (Å²) in [6.45, 7) is 1.41. The predicted octanol–water partition coefficient (Wildman–Crippen LogP) is 1.83. The summed E-state index contributed by atoms with van der Waals surface area (Å²) < 4.78 is 45.5. The molecule has 0 aromatic heterocycles. The van der Waals surface area contributed by atoms with E-state index in [1.807, 2.05) is 0 Å². The second-order valence-corrected chi connectivity index (χ2v) is 2.29. The molecule has 71 valence electrons. The standard InChI is InChI=1S/C10H10N2.Ir/c1-11-7-8-12(9-11)10-5-3-2-4-6-10;/h2-5,7-9H,1H3;/q-2;/i2D,3D,4D,5D,7D,8D;. The molecular formula is C10H10IrN2-2. The van der Waals surface area contributed by atoms with Crippen molar-refractivity contribution in [3.8, 4) is 0 Å². The second-order valence-electron chi connectivity index (χ2n) is 2.29. The van der Waals surface area contributed by atoms with Crippen molar-refractivity contribution >= 4 is 5.69 Å². The maximum Gasteiger partial charge on any atom is 0.0806 e. The zero-order valence-electron chi connectivity index (χ0n) is 12.8. The van der Waals surface area contributed by atoms with Crippen LogP contribution in [0.1, 0.15) is 8.22 Å². The van der Waals surface area contributed by atoms with Gasteiger partial charge >= 0.3 is 0 Å². The van der Waals surface area contributed by atoms with Crippen LogP contribution in [0.2, 0.25) is 0 Å². The number of rotatable bonds is 1. The molecule has 1 aromatic carbocycles. The third kappa shape index (κ3) is 2.33. The van der Waals surface area contributed by atoms with Gasteiger partial charge in [-0.1, -0.05) is 0 Å². The molecule has 1 aliphatic heterocycles. The van der Waals surface area contributed by atoms with E-state index in [-0.39, 0.29) is 62.3 Å². The molecule has 0 bridgehead atoms. The van der Waals surface area contributed by atoms with Crippen LogP contribution < -0.4 is 4.90 Å². The molecule has 0 spiro atoms. The molecule has 0 aliphatic carbocycles. The minimum Gasteiger partial charge on any atom is -0.510 e. The molecule has 3 heteroatoms. The van der Waals surface area contributed by atoms with Crippen LogP contribution in [-0.4, -0.2) is 11.9 Å². The van der Waals surface area contributed by atoms with Gasteiger partial charge in [-0.15, -0.1) is 5.69 Å². The van der Waals surface area contributed by atoms with Gasteiger partial charge in [0, 0.05) is 22.8 Å². The third-order valence-corrected chi connectivity index (χ3v) is 1.36. The van der Waals surface area contributed by atoms with E-state index in [4.69, 9.17) is 8.22 Å². The minimum atomic E-state index is -0.379. The molecule has 13 heavy (non-hydrogen) atoms.